The van der Waals surface area contributed by atoms with Gasteiger partial charge < -0.3 is 20.1 Å². The molecule has 1 aromatic heterocycles. The van der Waals surface area contributed by atoms with Gasteiger partial charge in [0.2, 0.25) is 5.95 Å². The number of nitrogens with one attached hydrogen (secondary N) is 1. The second-order valence-electron chi connectivity index (χ2n) is 8.14. The van der Waals surface area contributed by atoms with Gasteiger partial charge in [0.15, 0.2) is 0 Å². The standard InChI is InChI=1S/C25H24ClFN4O3/c1-15-13-31(14-16(2)34-15)24-20(18-5-3-4-17(10-18)6-9-23(32)33)12-28-25(30-24)29-19-7-8-22(27)21(26)11-19/h3-12,15-16H,13-14H2,1-2H3,(H,32,33)(H,28,29,30). The minimum atomic E-state index is -1.01. The molecule has 0 amide bonds. The highest BCUT2D eigenvalue weighted by atomic mass is 35.5. The van der Waals surface area contributed by atoms with Crippen LogP contribution in [0.2, 0.25) is 5.02 Å². The summed E-state index contributed by atoms with van der Waals surface area (Å²) >= 11 is 5.91. The van der Waals surface area contributed by atoms with Crippen LogP contribution < -0.4 is 10.2 Å². The van der Waals surface area contributed by atoms with E-state index in [9.17, 15) is 9.18 Å². The van der Waals surface area contributed by atoms with Crippen LogP contribution in [0.5, 0.6) is 0 Å². The van der Waals surface area contributed by atoms with Gasteiger partial charge in [0.05, 0.1) is 17.2 Å². The Bertz CT molecular complexity index is 1230. The fraction of sp³-hybridized carbons (Fsp3) is 0.240. The first-order chi connectivity index (χ1) is 16.3. The van der Waals surface area contributed by atoms with Gasteiger partial charge in [0.25, 0.3) is 0 Å². The molecule has 2 N–H and O–H groups in total. The lowest BCUT2D eigenvalue weighted by Crippen LogP contribution is -2.46. The lowest BCUT2D eigenvalue weighted by molar-refractivity contribution is -0.131. The first-order valence-corrected chi connectivity index (χ1v) is 11.2. The number of morpholine rings is 1. The molecule has 176 valence electrons. The Kier molecular flexibility index (Phi) is 7.09. The van der Waals surface area contributed by atoms with E-state index in [0.717, 1.165) is 22.8 Å². The predicted octanol–water partition coefficient (Wildman–Crippen LogP) is 5.39. The lowest BCUT2D eigenvalue weighted by atomic mass is 10.0. The molecule has 9 heteroatoms. The number of carboxylic acid groups (broad SMARTS) is 1. The maximum atomic E-state index is 13.5. The van der Waals surface area contributed by atoms with Crippen molar-refractivity contribution in [3.05, 3.63) is 71.1 Å². The summed E-state index contributed by atoms with van der Waals surface area (Å²) in [6, 6.07) is 11.8. The molecular formula is C25H24ClFN4O3. The summed E-state index contributed by atoms with van der Waals surface area (Å²) in [5.74, 6) is -0.457. The molecule has 0 radical (unpaired) electrons. The van der Waals surface area contributed by atoms with E-state index >= 15 is 0 Å². The van der Waals surface area contributed by atoms with Crippen molar-refractivity contribution in [2.45, 2.75) is 26.1 Å². The molecule has 1 aliphatic rings. The van der Waals surface area contributed by atoms with Gasteiger partial charge >= 0.3 is 5.97 Å². The third kappa shape index (κ3) is 5.70. The lowest BCUT2D eigenvalue weighted by Gasteiger charge is -2.37. The summed E-state index contributed by atoms with van der Waals surface area (Å²) in [5, 5.41) is 12.0. The van der Waals surface area contributed by atoms with Crippen molar-refractivity contribution in [2.75, 3.05) is 23.3 Å². The fourth-order valence-corrected chi connectivity index (χ4v) is 4.09. The second-order valence-corrected chi connectivity index (χ2v) is 8.55. The van der Waals surface area contributed by atoms with Crippen LogP contribution in [0.1, 0.15) is 19.4 Å². The molecule has 3 aromatic rings. The number of benzene rings is 2. The van der Waals surface area contributed by atoms with Gasteiger partial charge in [-0.05, 0) is 55.3 Å². The minimum absolute atomic E-state index is 0.00361. The Morgan fingerprint density at radius 3 is 2.71 bits per heavy atom. The summed E-state index contributed by atoms with van der Waals surface area (Å²) in [6.07, 6.45) is 4.40. The van der Waals surface area contributed by atoms with Gasteiger partial charge in [-0.15, -0.1) is 0 Å². The van der Waals surface area contributed by atoms with Crippen molar-refractivity contribution in [2.24, 2.45) is 0 Å². The topological polar surface area (TPSA) is 87.6 Å². The molecule has 1 aliphatic heterocycles. The molecular weight excluding hydrogens is 459 g/mol. The molecule has 2 unspecified atom stereocenters. The average Bonchev–Trinajstić information content (AvgIpc) is 2.80. The summed E-state index contributed by atoms with van der Waals surface area (Å²) in [6.45, 7) is 5.32. The first kappa shape index (κ1) is 23.7. The van der Waals surface area contributed by atoms with Crippen molar-refractivity contribution in [1.29, 1.82) is 0 Å². The zero-order chi connectivity index (χ0) is 24.2. The van der Waals surface area contributed by atoms with Crippen LogP contribution in [0.3, 0.4) is 0 Å². The number of hydrogen-bond donors (Lipinski definition) is 2. The quantitative estimate of drug-likeness (QED) is 0.455. The molecule has 2 aromatic carbocycles. The van der Waals surface area contributed by atoms with Crippen LogP contribution in [0.15, 0.2) is 54.7 Å². The summed E-state index contributed by atoms with van der Waals surface area (Å²) in [7, 11) is 0. The largest absolute Gasteiger partial charge is 0.478 e. The van der Waals surface area contributed by atoms with E-state index in [-0.39, 0.29) is 17.2 Å². The number of carbonyl (C=O) groups is 1. The Hall–Kier alpha value is -3.49. The van der Waals surface area contributed by atoms with E-state index in [1.165, 1.54) is 12.1 Å². The van der Waals surface area contributed by atoms with E-state index in [1.807, 2.05) is 38.1 Å². The number of ether oxygens (including phenoxy) is 1. The molecule has 34 heavy (non-hydrogen) atoms. The van der Waals surface area contributed by atoms with Crippen molar-refractivity contribution in [3.8, 4) is 11.1 Å². The number of carboxylic acids is 1. The van der Waals surface area contributed by atoms with E-state index in [0.29, 0.717) is 30.5 Å². The van der Waals surface area contributed by atoms with E-state index in [4.69, 9.17) is 26.4 Å². The van der Waals surface area contributed by atoms with Crippen molar-refractivity contribution in [1.82, 2.24) is 9.97 Å². The Morgan fingerprint density at radius 2 is 2.00 bits per heavy atom. The van der Waals surface area contributed by atoms with Crippen LogP contribution in [-0.4, -0.2) is 46.3 Å². The number of aliphatic carboxylic acids is 1. The third-order valence-electron chi connectivity index (χ3n) is 5.28. The SMILES string of the molecule is CC1CN(c2nc(Nc3ccc(F)c(Cl)c3)ncc2-c2cccc(C=CC(=O)O)c2)CC(C)O1. The van der Waals surface area contributed by atoms with Gasteiger partial charge in [-0.1, -0.05) is 29.8 Å². The molecule has 4 rings (SSSR count). The van der Waals surface area contributed by atoms with Crippen molar-refractivity contribution < 1.29 is 19.0 Å². The van der Waals surface area contributed by atoms with E-state index in [1.54, 1.807) is 18.3 Å². The summed E-state index contributed by atoms with van der Waals surface area (Å²) in [4.78, 5) is 22.3. The predicted molar refractivity (Wildman–Crippen MR) is 131 cm³/mol. The maximum absolute atomic E-state index is 13.5. The number of aromatic nitrogens is 2. The molecule has 0 bridgehead atoms. The van der Waals surface area contributed by atoms with Gasteiger partial charge in [0.1, 0.15) is 11.6 Å². The Labute approximate surface area is 201 Å². The second kappa shape index (κ2) is 10.2. The van der Waals surface area contributed by atoms with Crippen LogP contribution in [0, 0.1) is 5.82 Å². The third-order valence-corrected chi connectivity index (χ3v) is 5.57. The van der Waals surface area contributed by atoms with Gasteiger partial charge in [-0.2, -0.15) is 4.98 Å². The first-order valence-electron chi connectivity index (χ1n) is 10.8. The number of rotatable bonds is 6. The molecule has 0 saturated carbocycles. The zero-order valence-corrected chi connectivity index (χ0v) is 19.5. The summed E-state index contributed by atoms with van der Waals surface area (Å²) < 4.78 is 19.4. The smallest absolute Gasteiger partial charge is 0.328 e. The van der Waals surface area contributed by atoms with Crippen LogP contribution in [0.25, 0.3) is 17.2 Å². The van der Waals surface area contributed by atoms with Gasteiger partial charge in [-0.3, -0.25) is 0 Å². The van der Waals surface area contributed by atoms with Crippen molar-refractivity contribution >= 4 is 41.1 Å². The van der Waals surface area contributed by atoms with E-state index in [2.05, 4.69) is 15.2 Å². The molecule has 0 aliphatic carbocycles. The van der Waals surface area contributed by atoms with Crippen LogP contribution >= 0.6 is 11.6 Å². The van der Waals surface area contributed by atoms with Gasteiger partial charge in [-0.25, -0.2) is 14.2 Å². The molecule has 7 nitrogen and oxygen atoms in total. The molecule has 2 atom stereocenters. The maximum Gasteiger partial charge on any atom is 0.328 e. The highest BCUT2D eigenvalue weighted by Gasteiger charge is 2.26. The van der Waals surface area contributed by atoms with Crippen LogP contribution in [0.4, 0.5) is 21.8 Å². The number of hydrogen-bond acceptors (Lipinski definition) is 6. The molecule has 1 fully saturated rings. The number of nitrogens with zero attached hydrogens (tertiary/aromatic N) is 3. The molecule has 0 spiro atoms. The number of anilines is 3. The zero-order valence-electron chi connectivity index (χ0n) is 18.7. The average molecular weight is 483 g/mol. The Morgan fingerprint density at radius 1 is 1.24 bits per heavy atom. The highest BCUT2D eigenvalue weighted by molar-refractivity contribution is 6.31. The fourth-order valence-electron chi connectivity index (χ4n) is 3.91. The summed E-state index contributed by atoms with van der Waals surface area (Å²) in [5.41, 5.74) is 2.97. The monoisotopic (exact) mass is 482 g/mol. The highest BCUT2D eigenvalue weighted by Crippen LogP contribution is 2.33. The van der Waals surface area contributed by atoms with E-state index < -0.39 is 11.8 Å². The number of halogens is 2. The Balaban J connectivity index is 1.74. The normalized spacial score (nSPS) is 18.3. The van der Waals surface area contributed by atoms with Crippen LogP contribution in [-0.2, 0) is 9.53 Å². The van der Waals surface area contributed by atoms with Gasteiger partial charge in [0, 0.05) is 36.6 Å². The molecule has 2 heterocycles. The molecule has 1 saturated heterocycles. The minimum Gasteiger partial charge on any atom is -0.478 e. The van der Waals surface area contributed by atoms with Crippen molar-refractivity contribution in [3.63, 3.8) is 0 Å².